The van der Waals surface area contributed by atoms with Gasteiger partial charge < -0.3 is 15.6 Å². The van der Waals surface area contributed by atoms with Crippen LogP contribution in [-0.4, -0.2) is 43.8 Å². The van der Waals surface area contributed by atoms with E-state index in [0.29, 0.717) is 13.0 Å². The lowest BCUT2D eigenvalue weighted by molar-refractivity contribution is -0.294. The van der Waals surface area contributed by atoms with E-state index in [2.05, 4.69) is 65.4 Å². The van der Waals surface area contributed by atoms with Gasteiger partial charge in [-0.3, -0.25) is 4.49 Å². The molecule has 0 bridgehead atoms. The molecule has 1 aromatic heterocycles. The molecule has 2 aromatic rings. The summed E-state index contributed by atoms with van der Waals surface area (Å²) in [5.41, 5.74) is 13.4. The average Bonchev–Trinajstić information content (AvgIpc) is 3.34. The molecule has 0 amide bonds. The zero-order valence-electron chi connectivity index (χ0n) is 17.6. The highest BCUT2D eigenvalue weighted by molar-refractivity contribution is 6.01. The number of benzene rings is 1. The minimum absolute atomic E-state index is 0.519. The number of rotatable bonds is 8. The van der Waals surface area contributed by atoms with E-state index in [4.69, 9.17) is 19.0 Å². The van der Waals surface area contributed by atoms with Crippen molar-refractivity contribution in [3.8, 4) is 6.07 Å². The van der Waals surface area contributed by atoms with Crippen molar-refractivity contribution in [2.24, 2.45) is 5.73 Å². The summed E-state index contributed by atoms with van der Waals surface area (Å²) in [5.74, 6) is 0. The normalized spacial score (nSPS) is 14.8. The number of nitrogens with zero attached hydrogens (tertiary/aromatic N) is 3. The van der Waals surface area contributed by atoms with Crippen LogP contribution in [0.2, 0.25) is 0 Å². The van der Waals surface area contributed by atoms with E-state index in [1.54, 1.807) is 4.49 Å². The standard InChI is InChI=1S/C24H27BN5/c1-18-17-20(28-24(18)22(12-14-27)23-5-3-16-30(23)25)9-6-19-7-10-21(11-8-19)29(2)15-4-13-26/h3,5-11,16-17,28H,4,12,14-15,27H2,1-2H3/q+1. The molecule has 0 spiro atoms. The molecule has 1 aliphatic rings. The van der Waals surface area contributed by atoms with Crippen molar-refractivity contribution in [3.63, 3.8) is 0 Å². The van der Waals surface area contributed by atoms with E-state index in [1.165, 1.54) is 0 Å². The van der Waals surface area contributed by atoms with Crippen molar-refractivity contribution in [2.75, 3.05) is 25.0 Å². The number of anilines is 1. The maximum absolute atomic E-state index is 8.73. The summed E-state index contributed by atoms with van der Waals surface area (Å²) in [6, 6.07) is 12.6. The Hall–Kier alpha value is -3.30. The van der Waals surface area contributed by atoms with Gasteiger partial charge in [0.05, 0.1) is 18.2 Å². The van der Waals surface area contributed by atoms with Crippen LogP contribution in [0.4, 0.5) is 5.69 Å². The van der Waals surface area contributed by atoms with Crippen molar-refractivity contribution in [1.82, 2.24) is 4.98 Å². The predicted octanol–water partition coefficient (Wildman–Crippen LogP) is 3.64. The minimum Gasteiger partial charge on any atom is -0.374 e. The lowest BCUT2D eigenvalue weighted by Gasteiger charge is -2.17. The molecule has 5 nitrogen and oxygen atoms in total. The number of aromatic nitrogens is 1. The summed E-state index contributed by atoms with van der Waals surface area (Å²) in [5, 5.41) is 8.73. The van der Waals surface area contributed by atoms with Gasteiger partial charge in [-0.1, -0.05) is 18.2 Å². The fraction of sp³-hybridized carbons (Fsp3) is 0.250. The van der Waals surface area contributed by atoms with E-state index in [9.17, 15) is 0 Å². The second-order valence-electron chi connectivity index (χ2n) is 7.36. The minimum atomic E-state index is 0.519. The summed E-state index contributed by atoms with van der Waals surface area (Å²) in [4.78, 5) is 5.60. The number of allylic oxidation sites excluding steroid dienone is 2. The zero-order valence-corrected chi connectivity index (χ0v) is 17.6. The largest absolute Gasteiger partial charge is 0.586 e. The molecule has 2 heterocycles. The second-order valence-corrected chi connectivity index (χ2v) is 7.36. The third-order valence-electron chi connectivity index (χ3n) is 5.17. The molecular weight excluding hydrogens is 369 g/mol. The van der Waals surface area contributed by atoms with Crippen LogP contribution in [0.25, 0.3) is 17.7 Å². The van der Waals surface area contributed by atoms with E-state index in [0.717, 1.165) is 52.4 Å². The van der Waals surface area contributed by atoms with Crippen molar-refractivity contribution in [1.29, 1.82) is 5.26 Å². The molecule has 1 aliphatic heterocycles. The van der Waals surface area contributed by atoms with Gasteiger partial charge in [0.2, 0.25) is 0 Å². The van der Waals surface area contributed by atoms with Gasteiger partial charge in [-0.25, -0.2) is 0 Å². The van der Waals surface area contributed by atoms with Gasteiger partial charge in [-0.2, -0.15) is 5.26 Å². The third-order valence-corrected chi connectivity index (χ3v) is 5.17. The van der Waals surface area contributed by atoms with Crippen molar-refractivity contribution in [2.45, 2.75) is 19.8 Å². The van der Waals surface area contributed by atoms with Crippen LogP contribution in [0.5, 0.6) is 0 Å². The topological polar surface area (TPSA) is 71.8 Å². The fourth-order valence-corrected chi connectivity index (χ4v) is 3.54. The first-order chi connectivity index (χ1) is 14.5. The van der Waals surface area contributed by atoms with E-state index in [1.807, 2.05) is 25.4 Å². The lowest BCUT2D eigenvalue weighted by Crippen LogP contribution is -2.17. The number of aromatic amines is 1. The summed E-state index contributed by atoms with van der Waals surface area (Å²) >= 11 is 0. The number of hydrogen-bond donors (Lipinski definition) is 2. The van der Waals surface area contributed by atoms with Gasteiger partial charge in [0.15, 0.2) is 5.70 Å². The number of hydrogen-bond acceptors (Lipinski definition) is 3. The van der Waals surface area contributed by atoms with Gasteiger partial charge >= 0.3 is 7.98 Å². The number of aryl methyl sites for hydroxylation is 1. The molecule has 0 unspecified atom stereocenters. The Balaban J connectivity index is 1.79. The smallest absolute Gasteiger partial charge is 0.374 e. The van der Waals surface area contributed by atoms with Crippen LogP contribution >= 0.6 is 0 Å². The Morgan fingerprint density at radius 2 is 2.07 bits per heavy atom. The van der Waals surface area contributed by atoms with E-state index < -0.39 is 0 Å². The molecule has 0 atom stereocenters. The van der Waals surface area contributed by atoms with Gasteiger partial charge in [-0.15, -0.1) is 0 Å². The molecule has 2 radical (unpaired) electrons. The first kappa shape index (κ1) is 21.4. The van der Waals surface area contributed by atoms with Gasteiger partial charge in [0.1, 0.15) is 6.21 Å². The van der Waals surface area contributed by atoms with Crippen LogP contribution in [-0.2, 0) is 0 Å². The van der Waals surface area contributed by atoms with Crippen LogP contribution in [0.1, 0.15) is 35.4 Å². The molecular formula is C24H27BN5+. The highest BCUT2D eigenvalue weighted by Crippen LogP contribution is 2.27. The molecule has 0 fully saturated rings. The number of nitrogens with one attached hydrogen (secondary N) is 1. The van der Waals surface area contributed by atoms with Gasteiger partial charge in [0, 0.05) is 42.7 Å². The molecule has 30 heavy (non-hydrogen) atoms. The summed E-state index contributed by atoms with van der Waals surface area (Å²) in [6.45, 7) is 3.37. The third kappa shape index (κ3) is 5.00. The Morgan fingerprint density at radius 1 is 1.30 bits per heavy atom. The predicted molar refractivity (Wildman–Crippen MR) is 126 cm³/mol. The summed E-state index contributed by atoms with van der Waals surface area (Å²) in [6.07, 6.45) is 11.2. The molecule has 3 rings (SSSR count). The Kier molecular flexibility index (Phi) is 7.10. The van der Waals surface area contributed by atoms with Crippen LogP contribution in [0, 0.1) is 18.3 Å². The lowest BCUT2D eigenvalue weighted by atomic mass is 10.0. The summed E-state index contributed by atoms with van der Waals surface area (Å²) in [7, 11) is 8.07. The van der Waals surface area contributed by atoms with E-state index in [-0.39, 0.29) is 0 Å². The molecule has 1 aromatic carbocycles. The molecule has 0 saturated heterocycles. The molecule has 150 valence electrons. The second kappa shape index (κ2) is 9.95. The van der Waals surface area contributed by atoms with Gasteiger partial charge in [0.25, 0.3) is 0 Å². The quantitative estimate of drug-likeness (QED) is 0.670. The Labute approximate surface area is 180 Å². The maximum Gasteiger partial charge on any atom is 0.586 e. The van der Waals surface area contributed by atoms with Gasteiger partial charge in [-0.05, 0) is 55.3 Å². The highest BCUT2D eigenvalue weighted by atomic mass is 15.1. The highest BCUT2D eigenvalue weighted by Gasteiger charge is 2.20. The van der Waals surface area contributed by atoms with Crippen LogP contribution < -0.4 is 10.6 Å². The number of nitriles is 1. The monoisotopic (exact) mass is 396 g/mol. The van der Waals surface area contributed by atoms with Crippen molar-refractivity contribution >= 4 is 37.6 Å². The Bertz CT molecular complexity index is 1050. The zero-order chi connectivity index (χ0) is 21.5. The van der Waals surface area contributed by atoms with Crippen molar-refractivity contribution < 1.29 is 4.49 Å². The molecule has 6 heteroatoms. The van der Waals surface area contributed by atoms with E-state index >= 15 is 0 Å². The molecule has 3 N–H and O–H groups in total. The maximum atomic E-state index is 8.73. The van der Waals surface area contributed by atoms with Crippen molar-refractivity contribution in [3.05, 3.63) is 70.7 Å². The van der Waals surface area contributed by atoms with Crippen LogP contribution in [0.15, 0.2) is 48.2 Å². The fourth-order valence-electron chi connectivity index (χ4n) is 3.54. The number of nitrogens with two attached hydrogens (primary N) is 1. The SMILES string of the molecule is [B][N+]1=CC=CC1=C(CCN)c1[nH]c(/C=C/c2ccc(N(C)CCC#N)cc2)cc1C. The van der Waals surface area contributed by atoms with Crippen LogP contribution in [0.3, 0.4) is 0 Å². The average molecular weight is 396 g/mol. The first-order valence-electron chi connectivity index (χ1n) is 10.1. The summed E-state index contributed by atoms with van der Waals surface area (Å²) < 4.78 is 1.63. The Morgan fingerprint density at radius 3 is 2.70 bits per heavy atom. The molecule has 0 aliphatic carbocycles. The molecule has 0 saturated carbocycles. The number of H-pyrrole nitrogens is 1. The first-order valence-corrected chi connectivity index (χ1v) is 10.1.